The fraction of sp³-hybridized carbons (Fsp3) is 0.350. The second-order valence-corrected chi connectivity index (χ2v) is 7.48. The molecule has 138 valence electrons. The van der Waals surface area contributed by atoms with Crippen LogP contribution in [-0.2, 0) is 10.5 Å². The Kier molecular flexibility index (Phi) is 6.80. The third-order valence-electron chi connectivity index (χ3n) is 4.38. The number of hydrogen-bond donors (Lipinski definition) is 1. The number of nitro groups is 1. The standard InChI is InChI=1S/C20H24N2O3S/c1-13-9-15(3)19(10-14(13)2)16(4)21-20(23)12-26-11-17-5-7-18(8-6-17)22(24)25/h5-10,16H,11-12H2,1-4H3,(H,21,23). The summed E-state index contributed by atoms with van der Waals surface area (Å²) in [7, 11) is 0. The second-order valence-electron chi connectivity index (χ2n) is 6.50. The molecule has 0 aliphatic carbocycles. The van der Waals surface area contributed by atoms with Crippen LogP contribution in [0.4, 0.5) is 5.69 Å². The van der Waals surface area contributed by atoms with Gasteiger partial charge >= 0.3 is 0 Å². The molecule has 0 saturated carbocycles. The minimum atomic E-state index is -0.416. The molecule has 0 fully saturated rings. The highest BCUT2D eigenvalue weighted by Gasteiger charge is 2.13. The summed E-state index contributed by atoms with van der Waals surface area (Å²) < 4.78 is 0. The van der Waals surface area contributed by atoms with Crippen molar-refractivity contribution in [3.05, 3.63) is 74.3 Å². The van der Waals surface area contributed by atoms with Gasteiger partial charge in [-0.2, -0.15) is 0 Å². The number of benzene rings is 2. The summed E-state index contributed by atoms with van der Waals surface area (Å²) in [5.74, 6) is 0.982. The smallest absolute Gasteiger partial charge is 0.269 e. The lowest BCUT2D eigenvalue weighted by Crippen LogP contribution is -2.28. The van der Waals surface area contributed by atoms with E-state index in [0.717, 1.165) is 11.1 Å². The van der Waals surface area contributed by atoms with Crippen molar-refractivity contribution in [1.82, 2.24) is 5.32 Å². The maximum absolute atomic E-state index is 12.2. The maximum atomic E-state index is 12.2. The number of thioether (sulfide) groups is 1. The number of aryl methyl sites for hydroxylation is 3. The molecule has 0 radical (unpaired) electrons. The number of nitrogens with one attached hydrogen (secondary N) is 1. The van der Waals surface area contributed by atoms with E-state index in [-0.39, 0.29) is 17.6 Å². The van der Waals surface area contributed by atoms with Gasteiger partial charge in [-0.1, -0.05) is 24.3 Å². The molecule has 1 amide bonds. The first-order valence-corrected chi connectivity index (χ1v) is 9.61. The Labute approximate surface area is 158 Å². The number of nitrogens with zero attached hydrogens (tertiary/aromatic N) is 1. The molecular weight excluding hydrogens is 348 g/mol. The summed E-state index contributed by atoms with van der Waals surface area (Å²) in [6, 6.07) is 10.7. The molecule has 0 saturated heterocycles. The molecule has 1 N–H and O–H groups in total. The first-order valence-electron chi connectivity index (χ1n) is 8.46. The largest absolute Gasteiger partial charge is 0.349 e. The third-order valence-corrected chi connectivity index (χ3v) is 5.38. The molecular formula is C20H24N2O3S. The highest BCUT2D eigenvalue weighted by atomic mass is 32.2. The number of non-ortho nitro benzene ring substituents is 1. The second kappa shape index (κ2) is 8.85. The van der Waals surface area contributed by atoms with Crippen LogP contribution in [-0.4, -0.2) is 16.6 Å². The fourth-order valence-corrected chi connectivity index (χ4v) is 3.58. The summed E-state index contributed by atoms with van der Waals surface area (Å²) in [6.45, 7) is 8.22. The number of amides is 1. The third kappa shape index (κ3) is 5.33. The van der Waals surface area contributed by atoms with E-state index in [2.05, 4.69) is 38.2 Å². The Morgan fingerprint density at radius 1 is 1.12 bits per heavy atom. The lowest BCUT2D eigenvalue weighted by atomic mass is 9.96. The molecule has 0 aromatic heterocycles. The highest BCUT2D eigenvalue weighted by Crippen LogP contribution is 2.22. The van der Waals surface area contributed by atoms with Gasteiger partial charge in [-0.25, -0.2) is 0 Å². The highest BCUT2D eigenvalue weighted by molar-refractivity contribution is 7.99. The Balaban J connectivity index is 1.85. The van der Waals surface area contributed by atoms with Crippen LogP contribution in [0.3, 0.4) is 0 Å². The van der Waals surface area contributed by atoms with Gasteiger partial charge in [0.05, 0.1) is 16.7 Å². The van der Waals surface area contributed by atoms with Crippen molar-refractivity contribution in [2.45, 2.75) is 39.5 Å². The monoisotopic (exact) mass is 372 g/mol. The molecule has 0 bridgehead atoms. The summed E-state index contributed by atoms with van der Waals surface area (Å²) in [4.78, 5) is 22.4. The van der Waals surface area contributed by atoms with E-state index in [9.17, 15) is 14.9 Å². The van der Waals surface area contributed by atoms with E-state index in [1.807, 2.05) is 6.92 Å². The SMILES string of the molecule is Cc1cc(C)c(C(C)NC(=O)CSCc2ccc([N+](=O)[O-])cc2)cc1C. The summed E-state index contributed by atoms with van der Waals surface area (Å²) in [6.07, 6.45) is 0. The molecule has 0 aliphatic heterocycles. The van der Waals surface area contributed by atoms with Gasteiger partial charge in [0.25, 0.3) is 5.69 Å². The molecule has 2 aromatic rings. The number of hydrogen-bond acceptors (Lipinski definition) is 4. The average molecular weight is 372 g/mol. The Bertz CT molecular complexity index is 803. The van der Waals surface area contributed by atoms with Crippen molar-refractivity contribution in [2.75, 3.05) is 5.75 Å². The van der Waals surface area contributed by atoms with Crippen molar-refractivity contribution in [3.63, 3.8) is 0 Å². The van der Waals surface area contributed by atoms with Crippen LogP contribution in [0.2, 0.25) is 0 Å². The van der Waals surface area contributed by atoms with Crippen LogP contribution in [0.1, 0.15) is 40.8 Å². The van der Waals surface area contributed by atoms with E-state index in [4.69, 9.17) is 0 Å². The molecule has 0 heterocycles. The molecule has 1 unspecified atom stereocenters. The lowest BCUT2D eigenvalue weighted by Gasteiger charge is -2.18. The minimum absolute atomic E-state index is 0.0120. The molecule has 2 rings (SSSR count). The van der Waals surface area contributed by atoms with E-state index in [1.54, 1.807) is 12.1 Å². The maximum Gasteiger partial charge on any atom is 0.269 e. The van der Waals surface area contributed by atoms with Crippen molar-refractivity contribution < 1.29 is 9.72 Å². The molecule has 0 spiro atoms. The predicted octanol–water partition coefficient (Wildman–Crippen LogP) is 4.63. The van der Waals surface area contributed by atoms with Gasteiger partial charge in [0.15, 0.2) is 0 Å². The van der Waals surface area contributed by atoms with Gasteiger partial charge in [-0.05, 0) is 55.5 Å². The van der Waals surface area contributed by atoms with E-state index < -0.39 is 4.92 Å². The van der Waals surface area contributed by atoms with E-state index in [1.165, 1.54) is 40.6 Å². The van der Waals surface area contributed by atoms with Crippen LogP contribution < -0.4 is 5.32 Å². The zero-order valence-corrected chi connectivity index (χ0v) is 16.4. The van der Waals surface area contributed by atoms with Crippen LogP contribution in [0.25, 0.3) is 0 Å². The molecule has 5 nitrogen and oxygen atoms in total. The topological polar surface area (TPSA) is 72.2 Å². The molecule has 2 aromatic carbocycles. The lowest BCUT2D eigenvalue weighted by molar-refractivity contribution is -0.384. The van der Waals surface area contributed by atoms with Crippen LogP contribution in [0, 0.1) is 30.9 Å². The van der Waals surface area contributed by atoms with Crippen LogP contribution >= 0.6 is 11.8 Å². The average Bonchev–Trinajstić information content (AvgIpc) is 2.58. The molecule has 1 atom stereocenters. The molecule has 26 heavy (non-hydrogen) atoms. The zero-order chi connectivity index (χ0) is 19.3. The normalized spacial score (nSPS) is 11.8. The number of nitro benzene ring substituents is 1. The molecule has 0 aliphatic rings. The number of carbonyl (C=O) groups excluding carboxylic acids is 1. The van der Waals surface area contributed by atoms with Gasteiger partial charge in [-0.15, -0.1) is 11.8 Å². The summed E-state index contributed by atoms with van der Waals surface area (Å²) >= 11 is 1.49. The van der Waals surface area contributed by atoms with Gasteiger partial charge in [0.2, 0.25) is 5.91 Å². The van der Waals surface area contributed by atoms with Crippen molar-refractivity contribution in [2.24, 2.45) is 0 Å². The van der Waals surface area contributed by atoms with Gasteiger partial charge < -0.3 is 5.32 Å². The van der Waals surface area contributed by atoms with E-state index >= 15 is 0 Å². The predicted molar refractivity (Wildman–Crippen MR) is 106 cm³/mol. The number of carbonyl (C=O) groups is 1. The first kappa shape index (κ1) is 20.0. The summed E-state index contributed by atoms with van der Waals surface area (Å²) in [5, 5.41) is 13.7. The minimum Gasteiger partial charge on any atom is -0.349 e. The van der Waals surface area contributed by atoms with Gasteiger partial charge in [-0.3, -0.25) is 14.9 Å². The first-order chi connectivity index (χ1) is 12.3. The Morgan fingerprint density at radius 2 is 1.73 bits per heavy atom. The van der Waals surface area contributed by atoms with Gasteiger partial charge in [0, 0.05) is 17.9 Å². The summed E-state index contributed by atoms with van der Waals surface area (Å²) in [5.41, 5.74) is 5.84. The van der Waals surface area contributed by atoms with Gasteiger partial charge in [0.1, 0.15) is 0 Å². The Hall–Kier alpha value is -2.34. The number of rotatable bonds is 7. The van der Waals surface area contributed by atoms with Crippen molar-refractivity contribution in [1.29, 1.82) is 0 Å². The Morgan fingerprint density at radius 3 is 2.35 bits per heavy atom. The van der Waals surface area contributed by atoms with Crippen LogP contribution in [0.5, 0.6) is 0 Å². The van der Waals surface area contributed by atoms with Crippen molar-refractivity contribution >= 4 is 23.4 Å². The van der Waals surface area contributed by atoms with E-state index in [0.29, 0.717) is 11.5 Å². The quantitative estimate of drug-likeness (QED) is 0.568. The molecule has 6 heteroatoms. The fourth-order valence-electron chi connectivity index (χ4n) is 2.79. The van der Waals surface area contributed by atoms with Crippen molar-refractivity contribution in [3.8, 4) is 0 Å². The van der Waals surface area contributed by atoms with Crippen LogP contribution in [0.15, 0.2) is 36.4 Å². The zero-order valence-electron chi connectivity index (χ0n) is 15.5.